The van der Waals surface area contributed by atoms with Crippen molar-refractivity contribution in [3.63, 3.8) is 0 Å². The van der Waals surface area contributed by atoms with E-state index in [0.29, 0.717) is 26.1 Å². The lowest BCUT2D eigenvalue weighted by molar-refractivity contribution is -0.140. The van der Waals surface area contributed by atoms with Gasteiger partial charge in [0.05, 0.1) is 13.2 Å². The molecule has 0 unspecified atom stereocenters. The number of phenols is 1. The van der Waals surface area contributed by atoms with Gasteiger partial charge in [-0.2, -0.15) is 0 Å². The van der Waals surface area contributed by atoms with Crippen LogP contribution >= 0.6 is 0 Å². The molecule has 1 rings (SSSR count). The highest BCUT2D eigenvalue weighted by Gasteiger charge is 2.18. The van der Waals surface area contributed by atoms with Crippen molar-refractivity contribution in [1.29, 1.82) is 0 Å². The number of rotatable bonds is 9. The normalized spacial score (nSPS) is 10.0. The topological polar surface area (TPSA) is 113 Å². The number of ether oxygens (including phenoxy) is 2. The summed E-state index contributed by atoms with van der Waals surface area (Å²) in [4.78, 5) is 21.9. The monoisotopic (exact) mass is 324 g/mol. The van der Waals surface area contributed by atoms with Crippen LogP contribution in [0.2, 0.25) is 0 Å². The van der Waals surface area contributed by atoms with Gasteiger partial charge >= 0.3 is 11.9 Å². The lowest BCUT2D eigenvalue weighted by Gasteiger charge is -2.13. The number of carboxylic acid groups (broad SMARTS) is 2. The molecule has 0 heterocycles. The third-order valence-corrected chi connectivity index (χ3v) is 2.76. The van der Waals surface area contributed by atoms with Crippen LogP contribution in [-0.4, -0.2) is 40.5 Å². The van der Waals surface area contributed by atoms with Gasteiger partial charge in [0, 0.05) is 0 Å². The SMILES string of the molecule is CCCOc1cc(C=C(C(=O)O)C(=O)O)cc(OCCC)c1O. The minimum absolute atomic E-state index is 0.113. The maximum atomic E-state index is 11.0. The van der Waals surface area contributed by atoms with Gasteiger partial charge in [-0.15, -0.1) is 0 Å². The van der Waals surface area contributed by atoms with E-state index in [1.807, 2.05) is 13.8 Å². The van der Waals surface area contributed by atoms with Gasteiger partial charge in [0.15, 0.2) is 11.5 Å². The van der Waals surface area contributed by atoms with Crippen LogP contribution < -0.4 is 9.47 Å². The number of hydrogen-bond acceptors (Lipinski definition) is 5. The summed E-state index contributed by atoms with van der Waals surface area (Å²) in [6, 6.07) is 2.74. The Labute approximate surface area is 133 Å². The molecule has 0 amide bonds. The lowest BCUT2D eigenvalue weighted by atomic mass is 10.1. The summed E-state index contributed by atoms with van der Waals surface area (Å²) >= 11 is 0. The fraction of sp³-hybridized carbons (Fsp3) is 0.375. The highest BCUT2D eigenvalue weighted by molar-refractivity contribution is 6.16. The Morgan fingerprint density at radius 1 is 1.00 bits per heavy atom. The molecule has 0 bridgehead atoms. The van der Waals surface area contributed by atoms with Crippen LogP contribution in [0.3, 0.4) is 0 Å². The molecule has 0 aliphatic rings. The Balaban J connectivity index is 3.32. The van der Waals surface area contributed by atoms with Crippen molar-refractivity contribution in [3.8, 4) is 17.2 Å². The van der Waals surface area contributed by atoms with E-state index < -0.39 is 17.5 Å². The fourth-order valence-electron chi connectivity index (χ4n) is 1.71. The maximum Gasteiger partial charge on any atom is 0.343 e. The predicted molar refractivity (Wildman–Crippen MR) is 82.9 cm³/mol. The van der Waals surface area contributed by atoms with Gasteiger partial charge in [-0.05, 0) is 36.6 Å². The van der Waals surface area contributed by atoms with E-state index in [1.165, 1.54) is 12.1 Å². The van der Waals surface area contributed by atoms with E-state index in [9.17, 15) is 14.7 Å². The number of hydrogen-bond donors (Lipinski definition) is 3. The zero-order valence-corrected chi connectivity index (χ0v) is 13.0. The summed E-state index contributed by atoms with van der Waals surface area (Å²) in [5, 5.41) is 28.0. The van der Waals surface area contributed by atoms with E-state index >= 15 is 0 Å². The lowest BCUT2D eigenvalue weighted by Crippen LogP contribution is -2.10. The second-order valence-electron chi connectivity index (χ2n) is 4.73. The predicted octanol–water partition coefficient (Wildman–Crippen LogP) is 2.52. The molecule has 1 aromatic rings. The molecular weight excluding hydrogens is 304 g/mol. The summed E-state index contributed by atoms with van der Waals surface area (Å²) in [7, 11) is 0. The maximum absolute atomic E-state index is 11.0. The molecule has 0 saturated carbocycles. The van der Waals surface area contributed by atoms with Crippen LogP contribution in [0.4, 0.5) is 0 Å². The van der Waals surface area contributed by atoms with Crippen LogP contribution in [0.1, 0.15) is 32.3 Å². The molecule has 0 radical (unpaired) electrons. The van der Waals surface area contributed by atoms with Crippen molar-refractivity contribution in [2.45, 2.75) is 26.7 Å². The molecule has 0 aliphatic carbocycles. The van der Waals surface area contributed by atoms with Gasteiger partial charge in [-0.1, -0.05) is 13.8 Å². The summed E-state index contributed by atoms with van der Waals surface area (Å²) in [6.45, 7) is 4.47. The zero-order chi connectivity index (χ0) is 17.4. The Kier molecular flexibility index (Phi) is 6.92. The van der Waals surface area contributed by atoms with Crippen molar-refractivity contribution >= 4 is 18.0 Å². The highest BCUT2D eigenvalue weighted by Crippen LogP contribution is 2.38. The van der Waals surface area contributed by atoms with Crippen LogP contribution in [0.25, 0.3) is 6.08 Å². The number of aromatic hydroxyl groups is 1. The first kappa shape index (κ1) is 18.3. The Bertz CT molecular complexity index is 559. The first-order valence-electron chi connectivity index (χ1n) is 7.21. The average molecular weight is 324 g/mol. The number of carbonyl (C=O) groups is 2. The largest absolute Gasteiger partial charge is 0.502 e. The van der Waals surface area contributed by atoms with Crippen molar-refractivity contribution in [2.24, 2.45) is 0 Å². The van der Waals surface area contributed by atoms with Crippen LogP contribution in [0.15, 0.2) is 17.7 Å². The van der Waals surface area contributed by atoms with Crippen LogP contribution in [0.5, 0.6) is 17.2 Å². The molecule has 1 aromatic carbocycles. The van der Waals surface area contributed by atoms with E-state index in [-0.39, 0.29) is 22.8 Å². The summed E-state index contributed by atoms with van der Waals surface area (Å²) in [5.74, 6) is -3.09. The van der Waals surface area contributed by atoms with Crippen molar-refractivity contribution in [3.05, 3.63) is 23.3 Å². The zero-order valence-electron chi connectivity index (χ0n) is 13.0. The van der Waals surface area contributed by atoms with E-state index in [1.54, 1.807) is 0 Å². The smallest absolute Gasteiger partial charge is 0.343 e. The number of phenolic OH excluding ortho intramolecular Hbond substituents is 1. The van der Waals surface area contributed by atoms with Crippen molar-refractivity contribution in [2.75, 3.05) is 13.2 Å². The molecule has 0 aromatic heterocycles. The average Bonchev–Trinajstić information content (AvgIpc) is 2.50. The van der Waals surface area contributed by atoms with Gasteiger partial charge in [0.25, 0.3) is 0 Å². The molecular formula is C16H20O7. The number of benzene rings is 1. The minimum Gasteiger partial charge on any atom is -0.502 e. The molecule has 0 aliphatic heterocycles. The second-order valence-corrected chi connectivity index (χ2v) is 4.73. The molecule has 7 heteroatoms. The molecule has 0 fully saturated rings. The summed E-state index contributed by atoms with van der Waals surface area (Å²) < 4.78 is 10.8. The second kappa shape index (κ2) is 8.67. The van der Waals surface area contributed by atoms with Crippen LogP contribution in [-0.2, 0) is 9.59 Å². The first-order valence-corrected chi connectivity index (χ1v) is 7.21. The quantitative estimate of drug-likeness (QED) is 0.363. The Morgan fingerprint density at radius 2 is 1.43 bits per heavy atom. The minimum atomic E-state index is -1.56. The molecule has 0 atom stereocenters. The van der Waals surface area contributed by atoms with Crippen LogP contribution in [0, 0.1) is 0 Å². The summed E-state index contributed by atoms with van der Waals surface area (Å²) in [6.07, 6.45) is 2.40. The molecule has 0 saturated heterocycles. The van der Waals surface area contributed by atoms with Gasteiger partial charge in [-0.3, -0.25) is 0 Å². The molecule has 7 nitrogen and oxygen atoms in total. The van der Waals surface area contributed by atoms with Gasteiger partial charge in [-0.25, -0.2) is 9.59 Å². The standard InChI is InChI=1S/C16H20O7/c1-3-5-22-12-8-10(7-11(15(18)19)16(20)21)9-13(14(12)17)23-6-4-2/h7-9,17H,3-6H2,1-2H3,(H,18,19)(H,20,21). The van der Waals surface area contributed by atoms with Gasteiger partial charge in [0.2, 0.25) is 5.75 Å². The number of carboxylic acids is 2. The molecule has 3 N–H and O–H groups in total. The van der Waals surface area contributed by atoms with Gasteiger partial charge < -0.3 is 24.8 Å². The third-order valence-electron chi connectivity index (χ3n) is 2.76. The molecule has 126 valence electrons. The summed E-state index contributed by atoms with van der Waals surface area (Å²) in [5.41, 5.74) is -0.543. The van der Waals surface area contributed by atoms with Crippen molar-refractivity contribution < 1.29 is 34.4 Å². The Hall–Kier alpha value is -2.70. The van der Waals surface area contributed by atoms with E-state index in [2.05, 4.69) is 0 Å². The molecule has 0 spiro atoms. The van der Waals surface area contributed by atoms with Crippen molar-refractivity contribution in [1.82, 2.24) is 0 Å². The third kappa shape index (κ3) is 5.21. The van der Waals surface area contributed by atoms with Gasteiger partial charge in [0.1, 0.15) is 5.57 Å². The fourth-order valence-corrected chi connectivity index (χ4v) is 1.71. The Morgan fingerprint density at radius 3 is 1.78 bits per heavy atom. The number of aliphatic carboxylic acids is 2. The first-order chi connectivity index (χ1) is 10.9. The van der Waals surface area contributed by atoms with E-state index in [0.717, 1.165) is 6.08 Å². The molecule has 23 heavy (non-hydrogen) atoms. The van der Waals surface area contributed by atoms with E-state index in [4.69, 9.17) is 19.7 Å². The highest BCUT2D eigenvalue weighted by atomic mass is 16.5.